The summed E-state index contributed by atoms with van der Waals surface area (Å²) in [4.78, 5) is 0. The van der Waals surface area contributed by atoms with Crippen LogP contribution >= 0.6 is 8.53 Å². The van der Waals surface area contributed by atoms with E-state index in [0.717, 1.165) is 28.2 Å². The zero-order chi connectivity index (χ0) is 37.1. The number of ether oxygens (including phenoxy) is 5. The Bertz CT molecular complexity index is 1480. The minimum absolute atomic E-state index is 0.0925. The van der Waals surface area contributed by atoms with Crippen molar-refractivity contribution < 1.29 is 32.7 Å². The van der Waals surface area contributed by atoms with Crippen LogP contribution in [0, 0.1) is 42.4 Å². The Morgan fingerprint density at radius 3 is 1.55 bits per heavy atom. The highest BCUT2D eigenvalue weighted by Crippen LogP contribution is 2.48. The lowest BCUT2D eigenvalue weighted by Gasteiger charge is -2.42. The maximum atomic E-state index is 7.35. The number of nitrogens with zero attached hydrogens (tertiary/aromatic N) is 1. The average Bonchev–Trinajstić information content (AvgIpc) is 3.14. The van der Waals surface area contributed by atoms with E-state index in [1.54, 1.807) is 14.2 Å². The molecule has 8 nitrogen and oxygen atoms in total. The van der Waals surface area contributed by atoms with E-state index in [4.69, 9.17) is 52.0 Å². The molecule has 3 aromatic rings. The number of hydrogen-bond acceptors (Lipinski definition) is 8. The van der Waals surface area contributed by atoms with Crippen LogP contribution < -0.4 is 9.47 Å². The zero-order valence-corrected chi connectivity index (χ0v) is 31.7. The maximum Gasteiger partial charge on any atom is 0.259 e. The molecule has 0 aliphatic carbocycles. The molecule has 0 radical (unpaired) electrons. The quantitative estimate of drug-likeness (QED) is 0.0429. The fourth-order valence-electron chi connectivity index (χ4n) is 5.76. The van der Waals surface area contributed by atoms with E-state index in [9.17, 15) is 0 Å². The Balaban J connectivity index is 2.20. The van der Waals surface area contributed by atoms with Gasteiger partial charge >= 0.3 is 0 Å². The third kappa shape index (κ3) is 11.6. The second kappa shape index (κ2) is 21.5. The molecule has 0 aromatic heterocycles. The second-order valence-corrected chi connectivity index (χ2v) is 14.0. The van der Waals surface area contributed by atoms with Gasteiger partial charge in [-0.25, -0.2) is 4.67 Å². The van der Waals surface area contributed by atoms with Crippen LogP contribution in [-0.2, 0) is 28.9 Å². The summed E-state index contributed by atoms with van der Waals surface area (Å²) in [5, 5.41) is 0. The van der Waals surface area contributed by atoms with Gasteiger partial charge < -0.3 is 32.7 Å². The number of methoxy groups -OCH3 is 2. The van der Waals surface area contributed by atoms with Gasteiger partial charge in [0, 0.05) is 18.5 Å². The first kappa shape index (κ1) is 41.5. The molecular formula is C42H52NO7P. The van der Waals surface area contributed by atoms with Gasteiger partial charge in [0.25, 0.3) is 8.53 Å². The normalized spacial score (nSPS) is 12.4. The Labute approximate surface area is 307 Å². The van der Waals surface area contributed by atoms with Crippen molar-refractivity contribution in [1.29, 1.82) is 0 Å². The monoisotopic (exact) mass is 713 g/mol. The van der Waals surface area contributed by atoms with Gasteiger partial charge in [0.2, 0.25) is 0 Å². The van der Waals surface area contributed by atoms with E-state index in [2.05, 4.69) is 62.3 Å². The molecule has 0 aliphatic heterocycles. The molecule has 0 N–H and O–H groups in total. The maximum absolute atomic E-state index is 7.35. The van der Waals surface area contributed by atoms with E-state index >= 15 is 0 Å². The molecule has 1 atom stereocenters. The predicted octanol–water partition coefficient (Wildman–Crippen LogP) is 7.70. The summed E-state index contributed by atoms with van der Waals surface area (Å²) in [6, 6.07) is 26.1. The Morgan fingerprint density at radius 1 is 0.627 bits per heavy atom. The molecule has 0 aliphatic rings. The van der Waals surface area contributed by atoms with Gasteiger partial charge in [0.15, 0.2) is 0 Å². The van der Waals surface area contributed by atoms with E-state index in [1.165, 1.54) is 0 Å². The predicted molar refractivity (Wildman–Crippen MR) is 204 cm³/mol. The number of rotatable bonds is 23. The van der Waals surface area contributed by atoms with Crippen LogP contribution in [0.4, 0.5) is 0 Å². The van der Waals surface area contributed by atoms with Crippen molar-refractivity contribution in [2.24, 2.45) is 5.41 Å². The van der Waals surface area contributed by atoms with Gasteiger partial charge in [-0.05, 0) is 68.7 Å². The Hall–Kier alpha value is -3.87. The highest BCUT2D eigenvalue weighted by atomic mass is 31.2. The first-order valence-corrected chi connectivity index (χ1v) is 18.1. The lowest BCUT2D eigenvalue weighted by Crippen LogP contribution is -2.46. The van der Waals surface area contributed by atoms with Crippen LogP contribution in [0.15, 0.2) is 78.9 Å². The standard InChI is InChI=1S/C42H52NO7P/c1-10-13-29-49-51(43(34(4)5)35(6)7)50-33-41(30-46-27-11-2,31-47-28-12-3)32-48-42(36-17-15-14-16-18-36,37-19-23-39(44-8)24-20-37)38-21-25-40(45-9)26-22-38/h1-3,14-26,34-35H,13,27-33H2,4-9H3. The molecule has 9 heteroatoms. The Morgan fingerprint density at radius 2 is 1.12 bits per heavy atom. The largest absolute Gasteiger partial charge is 0.497 e. The van der Waals surface area contributed by atoms with Gasteiger partial charge in [-0.1, -0.05) is 66.4 Å². The van der Waals surface area contributed by atoms with Gasteiger partial charge in [-0.15, -0.1) is 25.2 Å². The third-order valence-electron chi connectivity index (χ3n) is 8.13. The van der Waals surface area contributed by atoms with Crippen LogP contribution in [0.5, 0.6) is 11.5 Å². The van der Waals surface area contributed by atoms with Gasteiger partial charge in [-0.2, -0.15) is 0 Å². The third-order valence-corrected chi connectivity index (χ3v) is 10.2. The van der Waals surface area contributed by atoms with Crippen molar-refractivity contribution >= 4 is 8.53 Å². The van der Waals surface area contributed by atoms with E-state index < -0.39 is 19.5 Å². The lowest BCUT2D eigenvalue weighted by atomic mass is 9.79. The molecule has 0 bridgehead atoms. The number of hydrogen-bond donors (Lipinski definition) is 0. The summed E-state index contributed by atoms with van der Waals surface area (Å²) in [6.07, 6.45) is 17.3. The van der Waals surface area contributed by atoms with Crippen LogP contribution in [0.1, 0.15) is 50.8 Å². The van der Waals surface area contributed by atoms with Crippen molar-refractivity contribution in [3.05, 3.63) is 95.6 Å². The first-order valence-electron chi connectivity index (χ1n) is 17.0. The molecule has 0 saturated carbocycles. The highest BCUT2D eigenvalue weighted by molar-refractivity contribution is 7.44. The van der Waals surface area contributed by atoms with E-state index in [0.29, 0.717) is 13.0 Å². The molecule has 1 unspecified atom stereocenters. The first-order chi connectivity index (χ1) is 24.7. The van der Waals surface area contributed by atoms with Crippen molar-refractivity contribution in [2.45, 2.75) is 51.8 Å². The Kier molecular flexibility index (Phi) is 17.5. The summed E-state index contributed by atoms with van der Waals surface area (Å²) in [7, 11) is 1.75. The van der Waals surface area contributed by atoms with Crippen LogP contribution in [-0.4, -0.2) is 77.2 Å². The zero-order valence-electron chi connectivity index (χ0n) is 30.8. The molecule has 0 saturated heterocycles. The van der Waals surface area contributed by atoms with Gasteiger partial charge in [-0.3, -0.25) is 0 Å². The molecule has 0 fully saturated rings. The van der Waals surface area contributed by atoms with Crippen molar-refractivity contribution in [3.63, 3.8) is 0 Å². The molecule has 272 valence electrons. The van der Waals surface area contributed by atoms with Gasteiger partial charge in [0.05, 0.1) is 52.7 Å². The van der Waals surface area contributed by atoms with Crippen molar-refractivity contribution in [3.8, 4) is 48.5 Å². The van der Waals surface area contributed by atoms with E-state index in [1.807, 2.05) is 66.7 Å². The average molecular weight is 714 g/mol. The smallest absolute Gasteiger partial charge is 0.259 e. The van der Waals surface area contributed by atoms with Crippen molar-refractivity contribution in [2.75, 3.05) is 60.5 Å². The second-order valence-electron chi connectivity index (χ2n) is 12.6. The van der Waals surface area contributed by atoms with Crippen LogP contribution in [0.2, 0.25) is 0 Å². The van der Waals surface area contributed by atoms with Crippen LogP contribution in [0.25, 0.3) is 0 Å². The molecule has 0 amide bonds. The molecule has 3 aromatic carbocycles. The number of benzene rings is 3. The minimum Gasteiger partial charge on any atom is -0.497 e. The SMILES string of the molecule is C#CCCOP(OCC(COCC#C)(COCC#C)COC(c1ccccc1)(c1ccc(OC)cc1)c1ccc(OC)cc1)N(C(C)C)C(C)C. The summed E-state index contributed by atoms with van der Waals surface area (Å²) in [5.74, 6) is 9.26. The summed E-state index contributed by atoms with van der Waals surface area (Å²) in [5.41, 5.74) is 0.694. The molecule has 0 heterocycles. The molecular weight excluding hydrogens is 661 g/mol. The molecule has 51 heavy (non-hydrogen) atoms. The minimum atomic E-state index is -1.54. The topological polar surface area (TPSA) is 67.9 Å². The van der Waals surface area contributed by atoms with Gasteiger partial charge in [0.1, 0.15) is 30.3 Å². The van der Waals surface area contributed by atoms with Crippen LogP contribution in [0.3, 0.4) is 0 Å². The van der Waals surface area contributed by atoms with E-state index in [-0.39, 0.29) is 51.7 Å². The number of terminal acetylenes is 3. The fourth-order valence-corrected chi connectivity index (χ4v) is 7.48. The summed E-state index contributed by atoms with van der Waals surface area (Å²) >= 11 is 0. The fraction of sp³-hybridized carbons (Fsp3) is 0.429. The highest BCUT2D eigenvalue weighted by Gasteiger charge is 2.43. The molecule has 0 spiro atoms. The summed E-state index contributed by atoms with van der Waals surface area (Å²) in [6.45, 7) is 9.59. The molecule has 3 rings (SSSR count). The van der Waals surface area contributed by atoms with Crippen molar-refractivity contribution in [1.82, 2.24) is 4.67 Å². The summed E-state index contributed by atoms with van der Waals surface area (Å²) < 4.78 is 45.9. The lowest BCUT2D eigenvalue weighted by molar-refractivity contribution is -0.112.